The van der Waals surface area contributed by atoms with Crippen molar-refractivity contribution in [2.24, 2.45) is 46.3 Å². The fourth-order valence-electron chi connectivity index (χ4n) is 9.10. The first-order valence-electron chi connectivity index (χ1n) is 12.1. The molecule has 0 aromatic rings. The van der Waals surface area contributed by atoms with Gasteiger partial charge in [0.05, 0.1) is 0 Å². The molecule has 0 radical (unpaired) electrons. The summed E-state index contributed by atoms with van der Waals surface area (Å²) in [7, 11) is 0. The maximum absolute atomic E-state index is 11.0. The minimum Gasteiger partial charge on any atom is -0.481 e. The van der Waals surface area contributed by atoms with Gasteiger partial charge in [0, 0.05) is 6.42 Å². The van der Waals surface area contributed by atoms with Gasteiger partial charge in [0.1, 0.15) is 0 Å². The molecule has 4 aliphatic carbocycles. The summed E-state index contributed by atoms with van der Waals surface area (Å²) < 4.78 is 0. The van der Waals surface area contributed by atoms with Crippen LogP contribution in [0.15, 0.2) is 0 Å². The van der Waals surface area contributed by atoms with Crippen LogP contribution in [0.25, 0.3) is 0 Å². The van der Waals surface area contributed by atoms with E-state index in [-0.39, 0.29) is 0 Å². The highest BCUT2D eigenvalue weighted by Crippen LogP contribution is 2.69. The number of carbonyl (C=O) groups is 1. The lowest BCUT2D eigenvalue weighted by Gasteiger charge is -2.62. The molecule has 1 N–H and O–H groups in total. The lowest BCUT2D eigenvalue weighted by molar-refractivity contribution is -0.138. The van der Waals surface area contributed by atoms with Crippen LogP contribution in [0.1, 0.15) is 104 Å². The van der Waals surface area contributed by atoms with Crippen LogP contribution in [0, 0.1) is 46.3 Å². The summed E-state index contributed by atoms with van der Waals surface area (Å²) in [5.41, 5.74) is 1.11. The Hall–Kier alpha value is -0.530. The molecule has 27 heavy (non-hydrogen) atoms. The van der Waals surface area contributed by atoms with Gasteiger partial charge in [-0.05, 0) is 104 Å². The molecule has 2 heteroatoms. The molecular formula is C25H42O2. The van der Waals surface area contributed by atoms with Crippen LogP contribution < -0.4 is 0 Å². The maximum Gasteiger partial charge on any atom is 0.303 e. The average molecular weight is 375 g/mol. The molecule has 0 spiro atoms. The van der Waals surface area contributed by atoms with E-state index in [0.29, 0.717) is 17.3 Å². The summed E-state index contributed by atoms with van der Waals surface area (Å²) in [5.74, 6) is 4.96. The standard InChI is InChI=1S/C25H42O2/c1-4-17-16-19-21-12-11-18(8-7-10-23(26)27)24(21,2)15-13-22(19)25(3)14-6-5-9-20(17)25/h17-22H,4-16H2,1-3H3,(H,26,27)/t17-,18?,19-,20-,21?,22-,24+,25-/m0/s1. The molecule has 0 heterocycles. The number of hydrogen-bond donors (Lipinski definition) is 1. The van der Waals surface area contributed by atoms with Gasteiger partial charge in [-0.3, -0.25) is 4.79 Å². The van der Waals surface area contributed by atoms with Crippen LogP contribution in [0.4, 0.5) is 0 Å². The zero-order valence-corrected chi connectivity index (χ0v) is 18.0. The van der Waals surface area contributed by atoms with Gasteiger partial charge >= 0.3 is 5.97 Å². The van der Waals surface area contributed by atoms with Crippen molar-refractivity contribution >= 4 is 5.97 Å². The van der Waals surface area contributed by atoms with E-state index in [9.17, 15) is 4.79 Å². The van der Waals surface area contributed by atoms with E-state index in [1.807, 2.05) is 0 Å². The molecule has 2 unspecified atom stereocenters. The number of fused-ring (bicyclic) bond motifs is 5. The van der Waals surface area contributed by atoms with Gasteiger partial charge in [-0.15, -0.1) is 0 Å². The Morgan fingerprint density at radius 3 is 2.48 bits per heavy atom. The zero-order valence-electron chi connectivity index (χ0n) is 18.0. The van der Waals surface area contributed by atoms with Crippen LogP contribution in [0.5, 0.6) is 0 Å². The third-order valence-corrected chi connectivity index (χ3v) is 10.4. The highest BCUT2D eigenvalue weighted by Gasteiger charge is 2.60. The monoisotopic (exact) mass is 374 g/mol. The van der Waals surface area contributed by atoms with Crippen molar-refractivity contribution in [1.29, 1.82) is 0 Å². The van der Waals surface area contributed by atoms with E-state index in [4.69, 9.17) is 5.11 Å². The Bertz CT molecular complexity index is 557. The molecule has 0 aromatic heterocycles. The van der Waals surface area contributed by atoms with Gasteiger partial charge in [0.25, 0.3) is 0 Å². The van der Waals surface area contributed by atoms with Gasteiger partial charge in [-0.25, -0.2) is 0 Å². The number of rotatable bonds is 5. The molecule has 0 bridgehead atoms. The third-order valence-electron chi connectivity index (χ3n) is 10.4. The van der Waals surface area contributed by atoms with Crippen LogP contribution in [0.2, 0.25) is 0 Å². The van der Waals surface area contributed by atoms with Crippen LogP contribution in [-0.4, -0.2) is 11.1 Å². The molecule has 8 atom stereocenters. The lowest BCUT2D eigenvalue weighted by atomic mass is 9.42. The smallest absolute Gasteiger partial charge is 0.303 e. The molecule has 4 fully saturated rings. The molecule has 4 aliphatic rings. The summed E-state index contributed by atoms with van der Waals surface area (Å²) in [4.78, 5) is 11.0. The number of aliphatic carboxylic acids is 1. The normalized spacial score (nSPS) is 49.1. The first kappa shape index (κ1) is 19.8. The first-order valence-corrected chi connectivity index (χ1v) is 12.1. The molecule has 0 aromatic carbocycles. The number of carboxylic acids is 1. The highest BCUT2D eigenvalue weighted by molar-refractivity contribution is 5.66. The fourth-order valence-corrected chi connectivity index (χ4v) is 9.10. The zero-order chi connectivity index (χ0) is 19.2. The van der Waals surface area contributed by atoms with Crippen molar-refractivity contribution in [3.8, 4) is 0 Å². The second-order valence-corrected chi connectivity index (χ2v) is 11.2. The summed E-state index contributed by atoms with van der Waals surface area (Å²) in [5, 5.41) is 9.03. The predicted octanol–water partition coefficient (Wildman–Crippen LogP) is 6.93. The topological polar surface area (TPSA) is 37.3 Å². The van der Waals surface area contributed by atoms with E-state index >= 15 is 0 Å². The van der Waals surface area contributed by atoms with Gasteiger partial charge in [0.2, 0.25) is 0 Å². The molecule has 0 saturated heterocycles. The van der Waals surface area contributed by atoms with Gasteiger partial charge in [-0.2, -0.15) is 0 Å². The SMILES string of the molecule is CC[C@H]1C[C@H]2C3CCC(CCCC(=O)O)[C@@]3(C)CC[C@@H]2[C@@]2(C)CCCC[C@@H]12. The quantitative estimate of drug-likeness (QED) is 0.566. The van der Waals surface area contributed by atoms with Crippen LogP contribution in [-0.2, 0) is 4.79 Å². The Morgan fingerprint density at radius 2 is 1.74 bits per heavy atom. The molecule has 154 valence electrons. The van der Waals surface area contributed by atoms with E-state index < -0.39 is 5.97 Å². The Kier molecular flexibility index (Phi) is 5.40. The number of carboxylic acid groups (broad SMARTS) is 1. The van der Waals surface area contributed by atoms with Crippen molar-refractivity contribution in [3.05, 3.63) is 0 Å². The molecule has 0 amide bonds. The summed E-state index contributed by atoms with van der Waals surface area (Å²) in [6.45, 7) is 7.74. The average Bonchev–Trinajstić information content (AvgIpc) is 2.97. The fraction of sp³-hybridized carbons (Fsp3) is 0.960. The van der Waals surface area contributed by atoms with Crippen molar-refractivity contribution in [2.45, 2.75) is 104 Å². The largest absolute Gasteiger partial charge is 0.481 e. The molecule has 2 nitrogen and oxygen atoms in total. The van der Waals surface area contributed by atoms with Gasteiger partial charge in [-0.1, -0.05) is 40.0 Å². The minimum atomic E-state index is -0.618. The van der Waals surface area contributed by atoms with Crippen LogP contribution in [0.3, 0.4) is 0 Å². The summed E-state index contributed by atoms with van der Waals surface area (Å²) in [6, 6.07) is 0. The van der Waals surface area contributed by atoms with Gasteiger partial charge in [0.15, 0.2) is 0 Å². The van der Waals surface area contributed by atoms with Crippen molar-refractivity contribution in [3.63, 3.8) is 0 Å². The van der Waals surface area contributed by atoms with E-state index in [1.165, 1.54) is 64.2 Å². The predicted molar refractivity (Wildman–Crippen MR) is 110 cm³/mol. The van der Waals surface area contributed by atoms with Crippen LogP contribution >= 0.6 is 0 Å². The minimum absolute atomic E-state index is 0.362. The first-order chi connectivity index (χ1) is 12.9. The number of hydrogen-bond acceptors (Lipinski definition) is 1. The lowest BCUT2D eigenvalue weighted by Crippen LogP contribution is -2.55. The Morgan fingerprint density at radius 1 is 0.963 bits per heavy atom. The van der Waals surface area contributed by atoms with Crippen molar-refractivity contribution in [2.75, 3.05) is 0 Å². The molecule has 4 saturated carbocycles. The third kappa shape index (κ3) is 3.18. The molecular weight excluding hydrogens is 332 g/mol. The maximum atomic E-state index is 11.0. The van der Waals surface area contributed by atoms with E-state index in [1.54, 1.807) is 0 Å². The molecule has 4 rings (SSSR count). The van der Waals surface area contributed by atoms with Gasteiger partial charge < -0.3 is 5.11 Å². The highest BCUT2D eigenvalue weighted by atomic mass is 16.4. The Labute approximate surface area is 166 Å². The van der Waals surface area contributed by atoms with E-state index in [0.717, 1.165) is 48.3 Å². The summed E-state index contributed by atoms with van der Waals surface area (Å²) >= 11 is 0. The second kappa shape index (κ2) is 7.38. The Balaban J connectivity index is 1.54. The van der Waals surface area contributed by atoms with Crippen molar-refractivity contribution < 1.29 is 9.90 Å². The van der Waals surface area contributed by atoms with E-state index in [2.05, 4.69) is 20.8 Å². The molecule has 0 aliphatic heterocycles. The second-order valence-electron chi connectivity index (χ2n) is 11.2. The van der Waals surface area contributed by atoms with Crippen molar-refractivity contribution in [1.82, 2.24) is 0 Å². The summed E-state index contributed by atoms with van der Waals surface area (Å²) in [6.07, 6.45) is 16.9.